The van der Waals surface area contributed by atoms with E-state index in [0.29, 0.717) is 44.9 Å². The molecule has 1 unspecified atom stereocenters. The van der Waals surface area contributed by atoms with E-state index in [4.69, 9.17) is 9.47 Å². The van der Waals surface area contributed by atoms with Crippen molar-refractivity contribution in [2.45, 2.75) is 65.0 Å². The summed E-state index contributed by atoms with van der Waals surface area (Å²) in [6.45, 7) is 5.50. The second-order valence-electron chi connectivity index (χ2n) is 10.4. The molecule has 0 spiro atoms. The Bertz CT molecular complexity index is 1010. The number of likely N-dealkylation sites (tertiary alicyclic amines) is 2. The molecular formula is C29H42N4O7. The van der Waals surface area contributed by atoms with Gasteiger partial charge >= 0.3 is 12.1 Å². The first-order valence-corrected chi connectivity index (χ1v) is 14.2. The van der Waals surface area contributed by atoms with E-state index in [-0.39, 0.29) is 43.6 Å². The minimum absolute atomic E-state index is 0.0323. The summed E-state index contributed by atoms with van der Waals surface area (Å²) >= 11 is 0. The molecule has 2 heterocycles. The van der Waals surface area contributed by atoms with Gasteiger partial charge in [-0.05, 0) is 50.5 Å². The third kappa shape index (κ3) is 9.84. The van der Waals surface area contributed by atoms with Crippen LogP contribution in [0.2, 0.25) is 0 Å². The van der Waals surface area contributed by atoms with Crippen molar-refractivity contribution in [3.8, 4) is 0 Å². The summed E-state index contributed by atoms with van der Waals surface area (Å²) in [6.07, 6.45) is 3.88. The summed E-state index contributed by atoms with van der Waals surface area (Å²) in [5.41, 5.74) is 0.951. The zero-order valence-electron chi connectivity index (χ0n) is 23.6. The number of nitrogens with one attached hydrogen (secondary N) is 2. The SMILES string of the molecule is CCOC(=O)C(CNC(=O)[C@@H]1CCCN(C(=O)CCC2CCN(C(=O)OCc3ccccc3)CC2)C1)NC(C)=O. The van der Waals surface area contributed by atoms with Crippen molar-refractivity contribution in [3.63, 3.8) is 0 Å². The molecule has 2 aliphatic heterocycles. The van der Waals surface area contributed by atoms with Crippen molar-refractivity contribution in [2.75, 3.05) is 39.3 Å². The number of rotatable bonds is 11. The van der Waals surface area contributed by atoms with Crippen LogP contribution in [-0.4, -0.2) is 85.0 Å². The van der Waals surface area contributed by atoms with Crippen molar-refractivity contribution in [1.82, 2.24) is 20.4 Å². The molecule has 11 nitrogen and oxygen atoms in total. The van der Waals surface area contributed by atoms with Crippen molar-refractivity contribution < 1.29 is 33.4 Å². The lowest BCUT2D eigenvalue weighted by atomic mass is 9.91. The molecule has 2 aliphatic rings. The van der Waals surface area contributed by atoms with E-state index in [1.54, 1.807) is 16.7 Å². The largest absolute Gasteiger partial charge is 0.464 e. The van der Waals surface area contributed by atoms with Gasteiger partial charge in [-0.25, -0.2) is 9.59 Å². The van der Waals surface area contributed by atoms with Gasteiger partial charge in [0.2, 0.25) is 17.7 Å². The smallest absolute Gasteiger partial charge is 0.410 e. The van der Waals surface area contributed by atoms with Crippen LogP contribution in [0.25, 0.3) is 0 Å². The van der Waals surface area contributed by atoms with E-state index in [1.165, 1.54) is 6.92 Å². The topological polar surface area (TPSA) is 134 Å². The summed E-state index contributed by atoms with van der Waals surface area (Å²) in [6, 6.07) is 8.62. The first-order valence-electron chi connectivity index (χ1n) is 14.2. The van der Waals surface area contributed by atoms with Crippen molar-refractivity contribution in [2.24, 2.45) is 11.8 Å². The van der Waals surface area contributed by atoms with Crippen LogP contribution in [0, 0.1) is 11.8 Å². The third-order valence-electron chi connectivity index (χ3n) is 7.42. The minimum Gasteiger partial charge on any atom is -0.464 e. The summed E-state index contributed by atoms with van der Waals surface area (Å²) in [5.74, 6) is -1.22. The van der Waals surface area contributed by atoms with Crippen LogP contribution in [0.5, 0.6) is 0 Å². The van der Waals surface area contributed by atoms with Crippen LogP contribution >= 0.6 is 0 Å². The van der Waals surface area contributed by atoms with Gasteiger partial charge in [-0.3, -0.25) is 14.4 Å². The van der Waals surface area contributed by atoms with Crippen LogP contribution in [0.15, 0.2) is 30.3 Å². The lowest BCUT2D eigenvalue weighted by Crippen LogP contribution is -2.51. The molecule has 1 aromatic carbocycles. The van der Waals surface area contributed by atoms with Gasteiger partial charge in [-0.2, -0.15) is 0 Å². The number of ether oxygens (including phenoxy) is 2. The maximum absolute atomic E-state index is 13.0. The van der Waals surface area contributed by atoms with Gasteiger partial charge in [-0.1, -0.05) is 30.3 Å². The first kappa shape index (κ1) is 30.9. The molecule has 2 saturated heterocycles. The molecule has 0 saturated carbocycles. The average Bonchev–Trinajstić information content (AvgIpc) is 2.97. The molecule has 11 heteroatoms. The first-order chi connectivity index (χ1) is 19.3. The predicted molar refractivity (Wildman–Crippen MR) is 147 cm³/mol. The Hall–Kier alpha value is -3.63. The zero-order valence-corrected chi connectivity index (χ0v) is 23.6. The van der Waals surface area contributed by atoms with Crippen LogP contribution in [-0.2, 0) is 35.3 Å². The van der Waals surface area contributed by atoms with Gasteiger partial charge in [0.25, 0.3) is 0 Å². The quantitative estimate of drug-likeness (QED) is 0.398. The predicted octanol–water partition coefficient (Wildman–Crippen LogP) is 2.24. The summed E-state index contributed by atoms with van der Waals surface area (Å²) in [5, 5.41) is 5.23. The Balaban J connectivity index is 1.36. The highest BCUT2D eigenvalue weighted by Crippen LogP contribution is 2.24. The molecule has 2 N–H and O–H groups in total. The second kappa shape index (κ2) is 15.8. The molecule has 40 heavy (non-hydrogen) atoms. The maximum atomic E-state index is 13.0. The molecule has 0 radical (unpaired) electrons. The summed E-state index contributed by atoms with van der Waals surface area (Å²) in [7, 11) is 0. The molecule has 0 aromatic heterocycles. The monoisotopic (exact) mass is 558 g/mol. The van der Waals surface area contributed by atoms with E-state index < -0.39 is 17.9 Å². The highest BCUT2D eigenvalue weighted by atomic mass is 16.6. The van der Waals surface area contributed by atoms with Crippen LogP contribution in [0.3, 0.4) is 0 Å². The second-order valence-corrected chi connectivity index (χ2v) is 10.4. The lowest BCUT2D eigenvalue weighted by molar-refractivity contribution is -0.147. The number of carbonyl (C=O) groups is 5. The Labute approximate surface area is 235 Å². The number of nitrogens with zero attached hydrogens (tertiary/aromatic N) is 2. The van der Waals surface area contributed by atoms with Gasteiger partial charge in [-0.15, -0.1) is 0 Å². The van der Waals surface area contributed by atoms with E-state index in [1.807, 2.05) is 30.3 Å². The van der Waals surface area contributed by atoms with Crippen molar-refractivity contribution in [3.05, 3.63) is 35.9 Å². The van der Waals surface area contributed by atoms with Crippen molar-refractivity contribution >= 4 is 29.8 Å². The van der Waals surface area contributed by atoms with Gasteiger partial charge in [0, 0.05) is 46.1 Å². The fourth-order valence-electron chi connectivity index (χ4n) is 5.15. The Kier molecular flexibility index (Phi) is 12.2. The molecule has 1 aromatic rings. The van der Waals surface area contributed by atoms with Gasteiger partial charge in [0.15, 0.2) is 0 Å². The average molecular weight is 559 g/mol. The number of hydrogen-bond donors (Lipinski definition) is 2. The third-order valence-corrected chi connectivity index (χ3v) is 7.42. The van der Waals surface area contributed by atoms with Gasteiger partial charge in [0.05, 0.1) is 12.5 Å². The standard InChI is InChI=1S/C29H42N4O7/c1-3-39-28(37)25(31-21(2)34)18-30-27(36)24-10-7-15-33(19-24)26(35)12-11-22-13-16-32(17-14-22)29(38)40-20-23-8-5-4-6-9-23/h4-6,8-9,22,24-25H,3,7,10-20H2,1-2H3,(H,30,36)(H,31,34)/t24-,25?/m1/s1. The number of benzene rings is 1. The normalized spacial score (nSPS) is 18.4. The van der Waals surface area contributed by atoms with Gasteiger partial charge < -0.3 is 29.9 Å². The number of piperidine rings is 2. The van der Waals surface area contributed by atoms with Crippen LogP contribution in [0.1, 0.15) is 57.9 Å². The zero-order chi connectivity index (χ0) is 28.9. The van der Waals surface area contributed by atoms with E-state index in [0.717, 1.165) is 31.2 Å². The number of hydrogen-bond acceptors (Lipinski definition) is 7. The van der Waals surface area contributed by atoms with E-state index in [9.17, 15) is 24.0 Å². The molecule has 2 fully saturated rings. The van der Waals surface area contributed by atoms with Crippen molar-refractivity contribution in [1.29, 1.82) is 0 Å². The van der Waals surface area contributed by atoms with E-state index >= 15 is 0 Å². The highest BCUT2D eigenvalue weighted by molar-refractivity contribution is 5.85. The molecule has 220 valence electrons. The molecule has 2 atom stereocenters. The minimum atomic E-state index is -0.958. The molecule has 0 bridgehead atoms. The fraction of sp³-hybridized carbons (Fsp3) is 0.621. The molecule has 4 amide bonds. The van der Waals surface area contributed by atoms with E-state index in [2.05, 4.69) is 10.6 Å². The Morgan fingerprint density at radius 2 is 1.70 bits per heavy atom. The lowest BCUT2D eigenvalue weighted by Gasteiger charge is -2.34. The number of amides is 4. The Morgan fingerprint density at radius 3 is 2.38 bits per heavy atom. The van der Waals surface area contributed by atoms with Crippen LogP contribution in [0.4, 0.5) is 4.79 Å². The van der Waals surface area contributed by atoms with Crippen LogP contribution < -0.4 is 10.6 Å². The molecule has 3 rings (SSSR count). The molecule has 0 aliphatic carbocycles. The summed E-state index contributed by atoms with van der Waals surface area (Å²) in [4.78, 5) is 65.1. The highest BCUT2D eigenvalue weighted by Gasteiger charge is 2.31. The Morgan fingerprint density at radius 1 is 0.975 bits per heavy atom. The number of carbonyl (C=O) groups excluding carboxylic acids is 5. The summed E-state index contributed by atoms with van der Waals surface area (Å²) < 4.78 is 10.4. The van der Waals surface area contributed by atoms with Gasteiger partial charge in [0.1, 0.15) is 12.6 Å². The maximum Gasteiger partial charge on any atom is 0.410 e. The molecular weight excluding hydrogens is 516 g/mol. The number of esters is 1. The fourth-order valence-corrected chi connectivity index (χ4v) is 5.15.